The molecule has 0 spiro atoms. The summed E-state index contributed by atoms with van der Waals surface area (Å²) in [5.41, 5.74) is 1.76. The standard InChI is InChI=1S/C21H39NO/c1-19-12-18-13-20(2,15-19)17-21(14-18,16-19)22-10-8-6-4-3-5-7-9-11-23/h18,22-23H,3-17H2,1-2H3/t18-,19+,20-,21+. The van der Waals surface area contributed by atoms with E-state index in [4.69, 9.17) is 5.11 Å². The van der Waals surface area contributed by atoms with Crippen molar-refractivity contribution in [3.8, 4) is 0 Å². The van der Waals surface area contributed by atoms with E-state index in [1.54, 1.807) is 0 Å². The van der Waals surface area contributed by atoms with Crippen molar-refractivity contribution >= 4 is 0 Å². The van der Waals surface area contributed by atoms with Gasteiger partial charge in [-0.15, -0.1) is 0 Å². The van der Waals surface area contributed by atoms with Crippen LogP contribution in [0.1, 0.15) is 97.3 Å². The van der Waals surface area contributed by atoms with Gasteiger partial charge < -0.3 is 10.4 Å². The van der Waals surface area contributed by atoms with Crippen LogP contribution in [0.5, 0.6) is 0 Å². The molecular weight excluding hydrogens is 282 g/mol. The van der Waals surface area contributed by atoms with Crippen LogP contribution in [-0.2, 0) is 0 Å². The topological polar surface area (TPSA) is 32.3 Å². The third-order valence-corrected chi connectivity index (χ3v) is 6.96. The zero-order valence-electron chi connectivity index (χ0n) is 15.6. The second-order valence-corrected chi connectivity index (χ2v) is 10.0. The summed E-state index contributed by atoms with van der Waals surface area (Å²) < 4.78 is 0. The summed E-state index contributed by atoms with van der Waals surface area (Å²) in [4.78, 5) is 0. The lowest BCUT2D eigenvalue weighted by molar-refractivity contribution is -0.117. The quantitative estimate of drug-likeness (QED) is 0.552. The molecule has 0 aliphatic heterocycles. The van der Waals surface area contributed by atoms with Gasteiger partial charge in [-0.2, -0.15) is 0 Å². The van der Waals surface area contributed by atoms with Gasteiger partial charge in [-0.25, -0.2) is 0 Å². The van der Waals surface area contributed by atoms with Crippen molar-refractivity contribution in [3.63, 3.8) is 0 Å². The van der Waals surface area contributed by atoms with Gasteiger partial charge in [-0.05, 0) is 74.7 Å². The highest BCUT2D eigenvalue weighted by molar-refractivity contribution is 5.14. The minimum Gasteiger partial charge on any atom is -0.396 e. The minimum atomic E-state index is 0.366. The molecule has 23 heavy (non-hydrogen) atoms. The molecule has 0 aromatic carbocycles. The fraction of sp³-hybridized carbons (Fsp3) is 1.00. The molecule has 2 N–H and O–H groups in total. The zero-order chi connectivity index (χ0) is 16.4. The number of hydrogen-bond donors (Lipinski definition) is 2. The SMILES string of the molecule is C[C@]12C[C@@H]3C[C@](C)(C1)C[C@](NCCCCCCCCCO)(C3)C2. The summed E-state index contributed by atoms with van der Waals surface area (Å²) >= 11 is 0. The molecule has 0 amide bonds. The van der Waals surface area contributed by atoms with Crippen LogP contribution < -0.4 is 5.32 Å². The van der Waals surface area contributed by atoms with Gasteiger partial charge in [0.25, 0.3) is 0 Å². The Labute approximate surface area is 143 Å². The van der Waals surface area contributed by atoms with E-state index in [2.05, 4.69) is 19.2 Å². The van der Waals surface area contributed by atoms with Gasteiger partial charge in [0.15, 0.2) is 0 Å². The number of aliphatic hydroxyl groups is 1. The average molecular weight is 322 g/mol. The van der Waals surface area contributed by atoms with Crippen molar-refractivity contribution < 1.29 is 5.11 Å². The maximum Gasteiger partial charge on any atom is 0.0431 e. The molecule has 0 heterocycles. The van der Waals surface area contributed by atoms with Gasteiger partial charge in [-0.1, -0.05) is 46.0 Å². The lowest BCUT2D eigenvalue weighted by Gasteiger charge is -2.65. The lowest BCUT2D eigenvalue weighted by atomic mass is 9.43. The molecule has 4 fully saturated rings. The fourth-order valence-electron chi connectivity index (χ4n) is 7.12. The van der Waals surface area contributed by atoms with E-state index in [0.717, 1.165) is 12.3 Å². The van der Waals surface area contributed by atoms with Gasteiger partial charge >= 0.3 is 0 Å². The summed E-state index contributed by atoms with van der Waals surface area (Å²) in [5, 5.41) is 12.8. The summed E-state index contributed by atoms with van der Waals surface area (Å²) in [6.45, 7) is 6.73. The van der Waals surface area contributed by atoms with Gasteiger partial charge in [0.05, 0.1) is 0 Å². The van der Waals surface area contributed by atoms with E-state index in [9.17, 15) is 0 Å². The first-order chi connectivity index (χ1) is 11.0. The first-order valence-corrected chi connectivity index (χ1v) is 10.3. The molecule has 0 aromatic rings. The Balaban J connectivity index is 1.36. The normalized spacial score (nSPS) is 41.6. The van der Waals surface area contributed by atoms with Gasteiger partial charge in [0.2, 0.25) is 0 Å². The molecule has 2 nitrogen and oxygen atoms in total. The van der Waals surface area contributed by atoms with Crippen molar-refractivity contribution in [1.82, 2.24) is 5.32 Å². The highest BCUT2D eigenvalue weighted by atomic mass is 16.2. The second-order valence-electron chi connectivity index (χ2n) is 10.0. The molecule has 4 saturated carbocycles. The largest absolute Gasteiger partial charge is 0.396 e. The Bertz CT molecular complexity index is 375. The number of rotatable bonds is 10. The van der Waals surface area contributed by atoms with Crippen LogP contribution >= 0.6 is 0 Å². The van der Waals surface area contributed by atoms with Crippen molar-refractivity contribution in [1.29, 1.82) is 0 Å². The molecular formula is C21H39NO. The molecule has 4 aliphatic carbocycles. The van der Waals surface area contributed by atoms with E-state index in [-0.39, 0.29) is 0 Å². The Morgan fingerprint density at radius 1 is 0.783 bits per heavy atom. The van der Waals surface area contributed by atoms with Crippen molar-refractivity contribution in [2.24, 2.45) is 16.7 Å². The predicted octanol–water partition coefficient (Wildman–Crippen LogP) is 5.05. The van der Waals surface area contributed by atoms with E-state index in [0.29, 0.717) is 23.0 Å². The van der Waals surface area contributed by atoms with Crippen molar-refractivity contribution in [3.05, 3.63) is 0 Å². The van der Waals surface area contributed by atoms with Crippen LogP contribution in [0.15, 0.2) is 0 Å². The molecule has 0 unspecified atom stereocenters. The molecule has 4 bridgehead atoms. The van der Waals surface area contributed by atoms with Crippen LogP contribution in [0.2, 0.25) is 0 Å². The molecule has 0 saturated heterocycles. The van der Waals surface area contributed by atoms with Crippen molar-refractivity contribution in [2.75, 3.05) is 13.2 Å². The zero-order valence-corrected chi connectivity index (χ0v) is 15.6. The third kappa shape index (κ3) is 4.31. The van der Waals surface area contributed by atoms with Crippen LogP contribution in [0.4, 0.5) is 0 Å². The number of nitrogens with one attached hydrogen (secondary N) is 1. The van der Waals surface area contributed by atoms with E-state index < -0.39 is 0 Å². The van der Waals surface area contributed by atoms with Crippen LogP contribution in [0.3, 0.4) is 0 Å². The maximum atomic E-state index is 8.78. The molecule has 2 heteroatoms. The van der Waals surface area contributed by atoms with Crippen LogP contribution in [-0.4, -0.2) is 23.8 Å². The number of unbranched alkanes of at least 4 members (excludes halogenated alkanes) is 6. The summed E-state index contributed by atoms with van der Waals surface area (Å²) in [5.74, 6) is 1.00. The average Bonchev–Trinajstić information content (AvgIpc) is 2.41. The number of hydrogen-bond acceptors (Lipinski definition) is 2. The van der Waals surface area contributed by atoms with Crippen molar-refractivity contribution in [2.45, 2.75) is 103 Å². The second kappa shape index (κ2) is 7.04. The summed E-state index contributed by atoms with van der Waals surface area (Å²) in [6.07, 6.45) is 17.8. The highest BCUT2D eigenvalue weighted by Gasteiger charge is 2.59. The molecule has 0 aromatic heterocycles. The van der Waals surface area contributed by atoms with E-state index in [1.807, 2.05) is 0 Å². The van der Waals surface area contributed by atoms with Gasteiger partial charge in [0.1, 0.15) is 0 Å². The minimum absolute atomic E-state index is 0.366. The van der Waals surface area contributed by atoms with E-state index in [1.165, 1.54) is 83.6 Å². The number of aliphatic hydroxyl groups excluding tert-OH is 1. The summed E-state index contributed by atoms with van der Waals surface area (Å²) in [6, 6.07) is 0. The molecule has 0 radical (unpaired) electrons. The Morgan fingerprint density at radius 2 is 1.35 bits per heavy atom. The monoisotopic (exact) mass is 321 g/mol. The van der Waals surface area contributed by atoms with Crippen LogP contribution in [0.25, 0.3) is 0 Å². The summed E-state index contributed by atoms with van der Waals surface area (Å²) in [7, 11) is 0. The lowest BCUT2D eigenvalue weighted by Crippen LogP contribution is -2.64. The van der Waals surface area contributed by atoms with E-state index >= 15 is 0 Å². The first kappa shape index (κ1) is 17.7. The molecule has 4 atom stereocenters. The molecule has 134 valence electrons. The highest BCUT2D eigenvalue weighted by Crippen LogP contribution is 2.66. The maximum absolute atomic E-state index is 8.78. The van der Waals surface area contributed by atoms with Gasteiger partial charge in [0, 0.05) is 12.1 Å². The Kier molecular flexibility index (Phi) is 5.43. The molecule has 4 aliphatic rings. The predicted molar refractivity (Wildman–Crippen MR) is 97.5 cm³/mol. The third-order valence-electron chi connectivity index (χ3n) is 6.96. The fourth-order valence-corrected chi connectivity index (χ4v) is 7.12. The first-order valence-electron chi connectivity index (χ1n) is 10.3. The smallest absolute Gasteiger partial charge is 0.0431 e. The Hall–Kier alpha value is -0.0800. The molecule has 4 rings (SSSR count). The van der Waals surface area contributed by atoms with Gasteiger partial charge in [-0.3, -0.25) is 0 Å². The van der Waals surface area contributed by atoms with Crippen LogP contribution in [0, 0.1) is 16.7 Å². The Morgan fingerprint density at radius 3 is 1.91 bits per heavy atom.